The first-order chi connectivity index (χ1) is 11.2. The fourth-order valence-corrected chi connectivity index (χ4v) is 3.99. The quantitative estimate of drug-likeness (QED) is 0.349. The molecule has 0 atom stereocenters. The van der Waals surface area contributed by atoms with Gasteiger partial charge in [0, 0.05) is 6.20 Å². The molecule has 0 aliphatic rings. The van der Waals surface area contributed by atoms with Gasteiger partial charge < -0.3 is 5.11 Å². The first kappa shape index (κ1) is 17.4. The van der Waals surface area contributed by atoms with Gasteiger partial charge in [-0.2, -0.15) is 17.6 Å². The van der Waals surface area contributed by atoms with Gasteiger partial charge in [0.15, 0.2) is 4.47 Å². The molecule has 3 aromatic heterocycles. The minimum Gasteiger partial charge on any atom is -0.474 e. The highest BCUT2D eigenvalue weighted by Crippen LogP contribution is 2.30. The van der Waals surface area contributed by atoms with Crippen molar-refractivity contribution in [2.75, 3.05) is 0 Å². The average molecular weight is 489 g/mol. The second-order valence-electron chi connectivity index (χ2n) is 4.71. The molecule has 0 saturated carbocycles. The Morgan fingerprint density at radius 3 is 2.79 bits per heavy atom. The van der Waals surface area contributed by atoms with Crippen LogP contribution in [0.4, 0.5) is 13.2 Å². The molecule has 0 saturated heterocycles. The first-order valence-corrected chi connectivity index (χ1v) is 8.60. The third-order valence-corrected chi connectivity index (χ3v) is 5.14. The molecular formula is C13H7ClF3IN3O2S+. The Bertz CT molecular complexity index is 954. The minimum atomic E-state index is -5.11. The molecule has 0 bridgehead atoms. The van der Waals surface area contributed by atoms with Crippen molar-refractivity contribution >= 4 is 57.0 Å². The number of pyridine rings is 1. The number of aromatic hydroxyl groups is 1. The number of carbonyl (C=O) groups is 1. The number of aromatic nitrogens is 3. The van der Waals surface area contributed by atoms with Crippen LogP contribution in [0.25, 0.3) is 5.65 Å². The summed E-state index contributed by atoms with van der Waals surface area (Å²) in [5, 5.41) is 10.2. The Hall–Kier alpha value is -1.40. The van der Waals surface area contributed by atoms with Gasteiger partial charge in [-0.05, 0) is 34.7 Å². The van der Waals surface area contributed by atoms with Gasteiger partial charge in [0.1, 0.15) is 10.1 Å². The molecule has 11 heteroatoms. The van der Waals surface area contributed by atoms with Gasteiger partial charge in [0.05, 0.1) is 11.1 Å². The molecule has 3 rings (SSSR count). The molecule has 0 aliphatic heterocycles. The fourth-order valence-electron chi connectivity index (χ4n) is 2.27. The normalized spacial score (nSPS) is 12.0. The number of alkyl halides is 3. The molecule has 0 radical (unpaired) electrons. The second kappa shape index (κ2) is 6.15. The molecular weight excluding hydrogens is 482 g/mol. The van der Waals surface area contributed by atoms with E-state index in [4.69, 9.17) is 11.6 Å². The predicted octanol–water partition coefficient (Wildman–Crippen LogP) is 3.44. The summed E-state index contributed by atoms with van der Waals surface area (Å²) in [5.41, 5.74) is -0.552. The van der Waals surface area contributed by atoms with E-state index in [1.165, 1.54) is 12.4 Å². The molecule has 1 N–H and O–H groups in total. The number of fused-ring (bicyclic) bond motifs is 1. The second-order valence-corrected chi connectivity index (χ2v) is 7.57. The van der Waals surface area contributed by atoms with Crippen LogP contribution >= 0.6 is 45.5 Å². The van der Waals surface area contributed by atoms with Crippen LogP contribution < -0.4 is 4.40 Å². The average Bonchev–Trinajstić information content (AvgIpc) is 3.01. The van der Waals surface area contributed by atoms with E-state index < -0.39 is 23.5 Å². The van der Waals surface area contributed by atoms with Crippen molar-refractivity contribution in [1.82, 2.24) is 9.55 Å². The molecule has 3 aromatic rings. The highest BCUT2D eigenvalue weighted by atomic mass is 127. The maximum absolute atomic E-state index is 13.0. The smallest absolute Gasteiger partial charge is 0.459 e. The molecule has 0 aromatic carbocycles. The van der Waals surface area contributed by atoms with Gasteiger partial charge in [-0.25, -0.2) is 9.55 Å². The summed E-state index contributed by atoms with van der Waals surface area (Å²) in [4.78, 5) is 16.2. The summed E-state index contributed by atoms with van der Waals surface area (Å²) in [6.45, 7) is -0.0778. The van der Waals surface area contributed by atoms with Gasteiger partial charge >= 0.3 is 23.5 Å². The number of hydrogen-bond acceptors (Lipinski definition) is 4. The van der Waals surface area contributed by atoms with E-state index in [1.807, 2.05) is 22.6 Å². The van der Waals surface area contributed by atoms with Crippen molar-refractivity contribution in [3.8, 4) is 5.88 Å². The summed E-state index contributed by atoms with van der Waals surface area (Å²) < 4.78 is 41.9. The predicted molar refractivity (Wildman–Crippen MR) is 88.6 cm³/mol. The van der Waals surface area contributed by atoms with Crippen LogP contribution in [-0.4, -0.2) is 26.6 Å². The molecule has 0 spiro atoms. The summed E-state index contributed by atoms with van der Waals surface area (Å²) in [6, 6.07) is 3.22. The number of hydrogen-bond donors (Lipinski definition) is 1. The van der Waals surface area contributed by atoms with Crippen molar-refractivity contribution in [2.45, 2.75) is 12.7 Å². The van der Waals surface area contributed by atoms with E-state index in [-0.39, 0.29) is 16.7 Å². The number of halogens is 5. The number of nitrogens with zero attached hydrogens (tertiary/aromatic N) is 3. The third-order valence-electron chi connectivity index (χ3n) is 3.20. The number of thiazole rings is 1. The lowest BCUT2D eigenvalue weighted by molar-refractivity contribution is -0.521. The zero-order chi connectivity index (χ0) is 17.6. The number of carbonyl (C=O) groups excluding carboxylic acids is 1. The third kappa shape index (κ3) is 2.97. The van der Waals surface area contributed by atoms with Crippen LogP contribution in [0.5, 0.6) is 5.88 Å². The molecule has 24 heavy (non-hydrogen) atoms. The van der Waals surface area contributed by atoms with Crippen molar-refractivity contribution in [1.29, 1.82) is 0 Å². The number of Topliss-reactive ketones (excluding diaryl/α,β-unsaturated/α-hetero) is 1. The fraction of sp³-hybridized carbons (Fsp3) is 0.154. The van der Waals surface area contributed by atoms with Gasteiger partial charge in [0.2, 0.25) is 0 Å². The van der Waals surface area contributed by atoms with Crippen LogP contribution in [0.3, 0.4) is 0 Å². The highest BCUT2D eigenvalue weighted by molar-refractivity contribution is 14.1. The van der Waals surface area contributed by atoms with Crippen LogP contribution in [0, 0.1) is 3.57 Å². The zero-order valence-corrected chi connectivity index (χ0v) is 15.2. The minimum absolute atomic E-state index is 0.0778. The van der Waals surface area contributed by atoms with Crippen LogP contribution in [0.15, 0.2) is 24.5 Å². The monoisotopic (exact) mass is 488 g/mol. The van der Waals surface area contributed by atoms with Crippen molar-refractivity contribution in [3.05, 3.63) is 43.1 Å². The molecule has 126 valence electrons. The standard InChI is InChI=1S/C13H6ClF3IN3O2S/c14-12-19-4-6(24-12)5-21-8(9(22)13(15,16)17)11(23)20-3-1-2-7(18)10(20)21/h1-4H,5H2/p+1. The highest BCUT2D eigenvalue weighted by Gasteiger charge is 2.47. The Morgan fingerprint density at radius 1 is 1.50 bits per heavy atom. The molecule has 5 nitrogen and oxygen atoms in total. The largest absolute Gasteiger partial charge is 0.474 e. The summed E-state index contributed by atoms with van der Waals surface area (Å²) >= 11 is 8.76. The van der Waals surface area contributed by atoms with Gasteiger partial charge in [-0.3, -0.25) is 4.79 Å². The number of imidazole rings is 1. The van der Waals surface area contributed by atoms with E-state index in [9.17, 15) is 23.1 Å². The molecule has 0 unspecified atom stereocenters. The summed E-state index contributed by atoms with van der Waals surface area (Å²) in [7, 11) is 0. The van der Waals surface area contributed by atoms with Gasteiger partial charge in [0.25, 0.3) is 5.69 Å². The number of ketones is 1. The lowest BCUT2D eigenvalue weighted by Gasteiger charge is -2.04. The van der Waals surface area contributed by atoms with Crippen LogP contribution in [-0.2, 0) is 6.54 Å². The Labute approximate surface area is 155 Å². The topological polar surface area (TPSA) is 59.2 Å². The zero-order valence-electron chi connectivity index (χ0n) is 11.5. The van der Waals surface area contributed by atoms with E-state index in [0.29, 0.717) is 8.45 Å². The Balaban J connectivity index is 2.29. The van der Waals surface area contributed by atoms with Crippen molar-refractivity contribution in [3.63, 3.8) is 0 Å². The van der Waals surface area contributed by atoms with E-state index >= 15 is 0 Å². The van der Waals surface area contributed by atoms with E-state index in [0.717, 1.165) is 20.3 Å². The van der Waals surface area contributed by atoms with Crippen molar-refractivity contribution < 1.29 is 27.5 Å². The number of rotatable bonds is 3. The van der Waals surface area contributed by atoms with Gasteiger partial charge in [-0.1, -0.05) is 11.6 Å². The molecule has 0 amide bonds. The molecule has 0 aliphatic carbocycles. The lowest BCUT2D eigenvalue weighted by Crippen LogP contribution is -2.26. The molecule has 0 fully saturated rings. The SMILES string of the molecule is O=C(c1c(O)[n+]2cccc(I)c2n1Cc1cnc(Cl)s1)C(F)(F)F. The lowest BCUT2D eigenvalue weighted by atomic mass is 10.2. The van der Waals surface area contributed by atoms with E-state index in [1.54, 1.807) is 12.1 Å². The van der Waals surface area contributed by atoms with Crippen LogP contribution in [0.2, 0.25) is 4.47 Å². The molecule has 3 heterocycles. The maximum Gasteiger partial charge on any atom is 0.459 e. The Kier molecular flexibility index (Phi) is 4.47. The maximum atomic E-state index is 13.0. The van der Waals surface area contributed by atoms with Crippen LogP contribution in [0.1, 0.15) is 15.4 Å². The van der Waals surface area contributed by atoms with E-state index in [2.05, 4.69) is 4.98 Å². The summed E-state index contributed by atoms with van der Waals surface area (Å²) in [5.74, 6) is -2.88. The van der Waals surface area contributed by atoms with Gasteiger partial charge in [-0.15, -0.1) is 11.3 Å². The van der Waals surface area contributed by atoms with Crippen molar-refractivity contribution in [2.24, 2.45) is 0 Å². The summed E-state index contributed by atoms with van der Waals surface area (Å²) in [6.07, 6.45) is -2.31. The first-order valence-electron chi connectivity index (χ1n) is 6.33. The Morgan fingerprint density at radius 2 is 2.21 bits per heavy atom.